The van der Waals surface area contributed by atoms with Gasteiger partial charge in [-0.25, -0.2) is 4.98 Å². The number of carbonyl (C=O) groups excluding carboxylic acids is 1. The molecule has 24 heavy (non-hydrogen) atoms. The summed E-state index contributed by atoms with van der Waals surface area (Å²) in [5.41, 5.74) is -0.885. The molecule has 1 unspecified atom stereocenters. The number of pyridine rings is 1. The standard InChI is InChI=1S/C16H20F3N3O2/c1-21-7-3-4-11(8-21)15(23)22-9-12(10-22)24-14-13(16(17,18)19)5-2-6-20-14/h2,5-6,11-12H,3-4,7-10H2,1H3. The largest absolute Gasteiger partial charge is 0.470 e. The first-order valence-corrected chi connectivity index (χ1v) is 8.01. The fourth-order valence-corrected chi connectivity index (χ4v) is 3.18. The second-order valence-corrected chi connectivity index (χ2v) is 6.44. The lowest BCUT2D eigenvalue weighted by atomic mass is 9.95. The zero-order valence-corrected chi connectivity index (χ0v) is 13.4. The lowest BCUT2D eigenvalue weighted by Gasteiger charge is -2.42. The maximum Gasteiger partial charge on any atom is 0.421 e. The van der Waals surface area contributed by atoms with Crippen molar-refractivity contribution in [2.75, 3.05) is 33.2 Å². The Morgan fingerprint density at radius 2 is 2.08 bits per heavy atom. The van der Waals surface area contributed by atoms with Crippen LogP contribution in [0, 0.1) is 5.92 Å². The van der Waals surface area contributed by atoms with E-state index in [1.54, 1.807) is 4.90 Å². The number of hydrogen-bond donors (Lipinski definition) is 0. The highest BCUT2D eigenvalue weighted by Gasteiger charge is 2.40. The molecule has 0 radical (unpaired) electrons. The molecule has 0 aromatic carbocycles. The summed E-state index contributed by atoms with van der Waals surface area (Å²) in [5.74, 6) is -0.372. The monoisotopic (exact) mass is 343 g/mol. The van der Waals surface area contributed by atoms with Gasteiger partial charge < -0.3 is 14.5 Å². The molecule has 2 fully saturated rings. The van der Waals surface area contributed by atoms with E-state index in [-0.39, 0.29) is 11.8 Å². The fourth-order valence-electron chi connectivity index (χ4n) is 3.18. The fraction of sp³-hybridized carbons (Fsp3) is 0.625. The van der Waals surface area contributed by atoms with Gasteiger partial charge >= 0.3 is 6.18 Å². The molecule has 2 aliphatic heterocycles. The summed E-state index contributed by atoms with van der Waals surface area (Å²) in [6.07, 6.45) is -1.82. The van der Waals surface area contributed by atoms with Crippen molar-refractivity contribution in [3.63, 3.8) is 0 Å². The molecule has 2 saturated heterocycles. The van der Waals surface area contributed by atoms with E-state index >= 15 is 0 Å². The average Bonchev–Trinajstić information content (AvgIpc) is 2.49. The predicted octanol–water partition coefficient (Wildman–Crippen LogP) is 2.03. The van der Waals surface area contributed by atoms with Crippen molar-refractivity contribution >= 4 is 5.91 Å². The number of carbonyl (C=O) groups is 1. The van der Waals surface area contributed by atoms with Crippen LogP contribution >= 0.6 is 0 Å². The number of hydrogen-bond acceptors (Lipinski definition) is 4. The van der Waals surface area contributed by atoms with Crippen LogP contribution in [0.15, 0.2) is 18.3 Å². The van der Waals surface area contributed by atoms with E-state index in [9.17, 15) is 18.0 Å². The first kappa shape index (κ1) is 17.0. The molecule has 3 heterocycles. The van der Waals surface area contributed by atoms with Gasteiger partial charge in [-0.1, -0.05) is 0 Å². The van der Waals surface area contributed by atoms with Crippen LogP contribution in [0.2, 0.25) is 0 Å². The van der Waals surface area contributed by atoms with E-state index in [2.05, 4.69) is 9.88 Å². The third-order valence-corrected chi connectivity index (χ3v) is 4.49. The zero-order chi connectivity index (χ0) is 17.3. The zero-order valence-electron chi connectivity index (χ0n) is 13.4. The van der Waals surface area contributed by atoms with Gasteiger partial charge in [-0.3, -0.25) is 4.79 Å². The van der Waals surface area contributed by atoms with E-state index in [0.717, 1.165) is 32.0 Å². The van der Waals surface area contributed by atoms with Crippen molar-refractivity contribution < 1.29 is 22.7 Å². The third kappa shape index (κ3) is 3.63. The number of nitrogens with zero attached hydrogens (tertiary/aromatic N) is 3. The van der Waals surface area contributed by atoms with Gasteiger partial charge in [-0.2, -0.15) is 13.2 Å². The minimum Gasteiger partial charge on any atom is -0.470 e. The number of ether oxygens (including phenoxy) is 1. The van der Waals surface area contributed by atoms with E-state index in [1.165, 1.54) is 12.3 Å². The summed E-state index contributed by atoms with van der Waals surface area (Å²) < 4.78 is 44.1. The number of halogens is 3. The lowest BCUT2D eigenvalue weighted by molar-refractivity contribution is -0.149. The van der Waals surface area contributed by atoms with Crippen LogP contribution in [-0.4, -0.2) is 60.0 Å². The molecule has 5 nitrogen and oxygen atoms in total. The molecule has 132 valence electrons. The molecule has 2 aliphatic rings. The molecule has 1 aromatic heterocycles. The van der Waals surface area contributed by atoms with Crippen molar-refractivity contribution in [2.24, 2.45) is 5.92 Å². The number of amides is 1. The predicted molar refractivity (Wildman–Crippen MR) is 80.5 cm³/mol. The summed E-state index contributed by atoms with van der Waals surface area (Å²) >= 11 is 0. The molecule has 0 bridgehead atoms. The highest BCUT2D eigenvalue weighted by atomic mass is 19.4. The summed E-state index contributed by atoms with van der Waals surface area (Å²) in [6, 6.07) is 2.17. The van der Waals surface area contributed by atoms with Crippen molar-refractivity contribution in [1.82, 2.24) is 14.8 Å². The number of likely N-dealkylation sites (tertiary alicyclic amines) is 2. The second-order valence-electron chi connectivity index (χ2n) is 6.44. The summed E-state index contributed by atoms with van der Waals surface area (Å²) in [5, 5.41) is 0. The highest BCUT2D eigenvalue weighted by molar-refractivity contribution is 5.80. The normalized spacial score (nSPS) is 23.0. The van der Waals surface area contributed by atoms with E-state index in [0.29, 0.717) is 13.1 Å². The Bertz CT molecular complexity index is 602. The Kier molecular flexibility index (Phi) is 4.67. The Morgan fingerprint density at radius 3 is 2.75 bits per heavy atom. The van der Waals surface area contributed by atoms with Crippen LogP contribution < -0.4 is 4.74 Å². The average molecular weight is 343 g/mol. The molecular formula is C16H20F3N3O2. The van der Waals surface area contributed by atoms with Crippen LogP contribution in [0.5, 0.6) is 5.88 Å². The number of piperidine rings is 1. The van der Waals surface area contributed by atoms with Crippen LogP contribution in [0.4, 0.5) is 13.2 Å². The Labute approximate surface area is 138 Å². The third-order valence-electron chi connectivity index (χ3n) is 4.49. The van der Waals surface area contributed by atoms with Gasteiger partial charge in [-0.15, -0.1) is 0 Å². The van der Waals surface area contributed by atoms with Crippen LogP contribution in [0.3, 0.4) is 0 Å². The Hall–Kier alpha value is -1.83. The first-order chi connectivity index (χ1) is 11.3. The van der Waals surface area contributed by atoms with Gasteiger partial charge in [0.15, 0.2) is 0 Å². The van der Waals surface area contributed by atoms with Crippen LogP contribution in [0.25, 0.3) is 0 Å². The molecule has 0 N–H and O–H groups in total. The molecule has 0 spiro atoms. The minimum atomic E-state index is -4.50. The van der Waals surface area contributed by atoms with Gasteiger partial charge in [0, 0.05) is 12.7 Å². The van der Waals surface area contributed by atoms with Gasteiger partial charge in [0.2, 0.25) is 11.8 Å². The quantitative estimate of drug-likeness (QED) is 0.843. The van der Waals surface area contributed by atoms with Gasteiger partial charge in [0.25, 0.3) is 0 Å². The summed E-state index contributed by atoms with van der Waals surface area (Å²) in [4.78, 5) is 19.9. The first-order valence-electron chi connectivity index (χ1n) is 8.01. The van der Waals surface area contributed by atoms with E-state index < -0.39 is 23.7 Å². The summed E-state index contributed by atoms with van der Waals surface area (Å²) in [7, 11) is 1.99. The molecule has 0 aliphatic carbocycles. The Morgan fingerprint density at radius 1 is 1.33 bits per heavy atom. The van der Waals surface area contributed by atoms with Crippen molar-refractivity contribution in [1.29, 1.82) is 0 Å². The molecule has 1 atom stereocenters. The molecule has 8 heteroatoms. The Balaban J connectivity index is 1.55. The molecule has 1 amide bonds. The van der Waals surface area contributed by atoms with Crippen molar-refractivity contribution in [3.8, 4) is 5.88 Å². The van der Waals surface area contributed by atoms with Gasteiger partial charge in [0.1, 0.15) is 11.7 Å². The van der Waals surface area contributed by atoms with Crippen molar-refractivity contribution in [3.05, 3.63) is 23.9 Å². The van der Waals surface area contributed by atoms with Gasteiger partial charge in [0.05, 0.1) is 19.0 Å². The second kappa shape index (κ2) is 6.58. The SMILES string of the molecule is CN1CCCC(C(=O)N2CC(Oc3ncccc3C(F)(F)F)C2)C1. The molecule has 1 aromatic rings. The highest BCUT2D eigenvalue weighted by Crippen LogP contribution is 2.35. The lowest BCUT2D eigenvalue weighted by Crippen LogP contribution is -2.59. The van der Waals surface area contributed by atoms with Gasteiger partial charge in [-0.05, 0) is 38.6 Å². The maximum absolute atomic E-state index is 12.9. The number of rotatable bonds is 3. The number of aromatic nitrogens is 1. The molecule has 0 saturated carbocycles. The van der Waals surface area contributed by atoms with E-state index in [1.807, 2.05) is 7.05 Å². The molecule has 3 rings (SSSR count). The van der Waals surface area contributed by atoms with Crippen LogP contribution in [-0.2, 0) is 11.0 Å². The molecular weight excluding hydrogens is 323 g/mol. The number of alkyl halides is 3. The maximum atomic E-state index is 12.9. The smallest absolute Gasteiger partial charge is 0.421 e. The van der Waals surface area contributed by atoms with Crippen molar-refractivity contribution in [2.45, 2.75) is 25.1 Å². The minimum absolute atomic E-state index is 0.0229. The topological polar surface area (TPSA) is 45.7 Å². The summed E-state index contributed by atoms with van der Waals surface area (Å²) in [6.45, 7) is 2.36. The van der Waals surface area contributed by atoms with E-state index in [4.69, 9.17) is 4.74 Å². The van der Waals surface area contributed by atoms with Crippen LogP contribution in [0.1, 0.15) is 18.4 Å².